The molecule has 0 fully saturated rings. The smallest absolute Gasteiger partial charge is 0.0373 e. The zero-order valence-corrected chi connectivity index (χ0v) is 7.55. The molecule has 0 aliphatic rings. The molecule has 1 nitrogen and oxygen atoms in total. The minimum atomic E-state index is 0.178. The van der Waals surface area contributed by atoms with Gasteiger partial charge in [-0.2, -0.15) is 0 Å². The van der Waals surface area contributed by atoms with Gasteiger partial charge in [-0.1, -0.05) is 6.92 Å². The molecule has 0 amide bonds. The highest BCUT2D eigenvalue weighted by atomic mass is 35.5. The Kier molecular flexibility index (Phi) is 2.89. The summed E-state index contributed by atoms with van der Waals surface area (Å²) in [5.74, 6) is 0.402. The molecule has 2 atom stereocenters. The van der Waals surface area contributed by atoms with Gasteiger partial charge in [0.2, 0.25) is 0 Å². The largest absolute Gasteiger partial charge is 0.265 e. The zero-order chi connectivity index (χ0) is 8.27. The molecular weight excluding hydrogens is 158 g/mol. The summed E-state index contributed by atoms with van der Waals surface area (Å²) in [4.78, 5) is 3.94. The molecule has 0 radical (unpaired) electrons. The summed E-state index contributed by atoms with van der Waals surface area (Å²) in [6.45, 7) is 4.12. The van der Waals surface area contributed by atoms with Crippen LogP contribution in [0.5, 0.6) is 0 Å². The van der Waals surface area contributed by atoms with E-state index in [0.29, 0.717) is 5.92 Å². The summed E-state index contributed by atoms with van der Waals surface area (Å²) in [7, 11) is 0. The molecule has 2 unspecified atom stereocenters. The molecule has 0 bridgehead atoms. The van der Waals surface area contributed by atoms with E-state index in [1.165, 1.54) is 5.56 Å². The van der Waals surface area contributed by atoms with Crippen molar-refractivity contribution in [2.24, 2.45) is 0 Å². The highest BCUT2D eigenvalue weighted by Crippen LogP contribution is 2.21. The molecule has 11 heavy (non-hydrogen) atoms. The second-order valence-electron chi connectivity index (χ2n) is 2.75. The van der Waals surface area contributed by atoms with Crippen molar-refractivity contribution in [1.82, 2.24) is 4.98 Å². The zero-order valence-electron chi connectivity index (χ0n) is 6.79. The average Bonchev–Trinajstić information content (AvgIpc) is 2.05. The van der Waals surface area contributed by atoms with Crippen LogP contribution in [0.25, 0.3) is 0 Å². The quantitative estimate of drug-likeness (QED) is 0.621. The van der Waals surface area contributed by atoms with Gasteiger partial charge in [-0.15, -0.1) is 11.6 Å². The van der Waals surface area contributed by atoms with Crippen molar-refractivity contribution in [1.29, 1.82) is 0 Å². The minimum absolute atomic E-state index is 0.178. The maximum atomic E-state index is 5.94. The van der Waals surface area contributed by atoms with Crippen molar-refractivity contribution in [3.8, 4) is 0 Å². The lowest BCUT2D eigenvalue weighted by Crippen LogP contribution is -2.04. The van der Waals surface area contributed by atoms with Crippen LogP contribution in [0.2, 0.25) is 0 Å². The fourth-order valence-corrected chi connectivity index (χ4v) is 1.08. The number of aromatic nitrogens is 1. The van der Waals surface area contributed by atoms with E-state index in [4.69, 9.17) is 11.6 Å². The number of nitrogens with zero attached hydrogens (tertiary/aromatic N) is 1. The Morgan fingerprint density at radius 2 is 1.82 bits per heavy atom. The second-order valence-corrected chi connectivity index (χ2v) is 3.44. The first kappa shape index (κ1) is 8.54. The summed E-state index contributed by atoms with van der Waals surface area (Å²) in [5, 5.41) is 0.178. The molecule has 1 aromatic heterocycles. The summed E-state index contributed by atoms with van der Waals surface area (Å²) >= 11 is 5.94. The topological polar surface area (TPSA) is 12.9 Å². The molecule has 0 aromatic carbocycles. The van der Waals surface area contributed by atoms with Gasteiger partial charge in [0.1, 0.15) is 0 Å². The fraction of sp³-hybridized carbons (Fsp3) is 0.444. The van der Waals surface area contributed by atoms with Crippen LogP contribution >= 0.6 is 11.6 Å². The van der Waals surface area contributed by atoms with Gasteiger partial charge < -0.3 is 0 Å². The van der Waals surface area contributed by atoms with Crippen LogP contribution in [-0.2, 0) is 0 Å². The molecule has 0 aliphatic carbocycles. The van der Waals surface area contributed by atoms with Crippen molar-refractivity contribution in [3.05, 3.63) is 30.1 Å². The van der Waals surface area contributed by atoms with Crippen LogP contribution in [0.15, 0.2) is 24.5 Å². The van der Waals surface area contributed by atoms with Gasteiger partial charge in [0.15, 0.2) is 0 Å². The summed E-state index contributed by atoms with van der Waals surface area (Å²) in [6, 6.07) is 4.01. The Labute approximate surface area is 72.4 Å². The van der Waals surface area contributed by atoms with E-state index in [-0.39, 0.29) is 5.38 Å². The molecular formula is C9H12ClN. The van der Waals surface area contributed by atoms with Crippen LogP contribution in [0, 0.1) is 0 Å². The number of alkyl halides is 1. The highest BCUT2D eigenvalue weighted by molar-refractivity contribution is 6.20. The normalized spacial score (nSPS) is 15.9. The molecule has 0 saturated heterocycles. The second kappa shape index (κ2) is 3.72. The Hall–Kier alpha value is -0.560. The molecule has 2 heteroatoms. The Morgan fingerprint density at radius 3 is 2.27 bits per heavy atom. The lowest BCUT2D eigenvalue weighted by molar-refractivity contribution is 0.741. The van der Waals surface area contributed by atoms with Gasteiger partial charge >= 0.3 is 0 Å². The molecule has 0 aliphatic heterocycles. The first-order valence-electron chi connectivity index (χ1n) is 3.76. The van der Waals surface area contributed by atoms with Crippen LogP contribution in [0.1, 0.15) is 25.3 Å². The predicted octanol–water partition coefficient (Wildman–Crippen LogP) is 2.81. The molecule has 1 aromatic rings. The molecule has 1 heterocycles. The predicted molar refractivity (Wildman–Crippen MR) is 48.0 cm³/mol. The van der Waals surface area contributed by atoms with Crippen LogP contribution < -0.4 is 0 Å². The van der Waals surface area contributed by atoms with E-state index < -0.39 is 0 Å². The summed E-state index contributed by atoms with van der Waals surface area (Å²) < 4.78 is 0. The van der Waals surface area contributed by atoms with Crippen molar-refractivity contribution in [2.45, 2.75) is 25.1 Å². The van der Waals surface area contributed by atoms with E-state index in [1.807, 2.05) is 19.1 Å². The molecule has 0 N–H and O–H groups in total. The van der Waals surface area contributed by atoms with Crippen LogP contribution in [0.3, 0.4) is 0 Å². The van der Waals surface area contributed by atoms with Gasteiger partial charge in [-0.3, -0.25) is 4.98 Å². The van der Waals surface area contributed by atoms with Crippen molar-refractivity contribution in [2.75, 3.05) is 0 Å². The van der Waals surface area contributed by atoms with E-state index in [9.17, 15) is 0 Å². The summed E-state index contributed by atoms with van der Waals surface area (Å²) in [6.07, 6.45) is 3.59. The molecule has 0 saturated carbocycles. The first-order chi connectivity index (χ1) is 5.22. The van der Waals surface area contributed by atoms with Gasteiger partial charge in [0.05, 0.1) is 0 Å². The van der Waals surface area contributed by atoms with Crippen molar-refractivity contribution in [3.63, 3.8) is 0 Å². The number of rotatable bonds is 2. The van der Waals surface area contributed by atoms with Crippen LogP contribution in [0.4, 0.5) is 0 Å². The average molecular weight is 170 g/mol. The monoisotopic (exact) mass is 169 g/mol. The van der Waals surface area contributed by atoms with Crippen molar-refractivity contribution >= 4 is 11.6 Å². The summed E-state index contributed by atoms with van der Waals surface area (Å²) in [5.41, 5.74) is 1.25. The lowest BCUT2D eigenvalue weighted by Gasteiger charge is -2.12. The van der Waals surface area contributed by atoms with Crippen LogP contribution in [-0.4, -0.2) is 10.4 Å². The highest BCUT2D eigenvalue weighted by Gasteiger charge is 2.10. The SMILES string of the molecule is CC(Cl)C(C)c1ccncc1. The van der Waals surface area contributed by atoms with Crippen molar-refractivity contribution < 1.29 is 0 Å². The maximum Gasteiger partial charge on any atom is 0.0373 e. The number of pyridine rings is 1. The number of hydrogen-bond acceptors (Lipinski definition) is 1. The maximum absolute atomic E-state index is 5.94. The molecule has 60 valence electrons. The number of hydrogen-bond donors (Lipinski definition) is 0. The first-order valence-corrected chi connectivity index (χ1v) is 4.19. The van der Waals surface area contributed by atoms with Gasteiger partial charge in [-0.05, 0) is 30.5 Å². The molecule has 1 rings (SSSR count). The standard InChI is InChI=1S/C9H12ClN/c1-7(8(2)10)9-3-5-11-6-4-9/h3-8H,1-2H3. The van der Waals surface area contributed by atoms with E-state index >= 15 is 0 Å². The third kappa shape index (κ3) is 2.19. The Balaban J connectivity index is 2.77. The van der Waals surface area contributed by atoms with E-state index in [1.54, 1.807) is 12.4 Å². The third-order valence-corrected chi connectivity index (χ3v) is 2.30. The number of halogens is 1. The third-order valence-electron chi connectivity index (χ3n) is 1.92. The lowest BCUT2D eigenvalue weighted by atomic mass is 10.00. The van der Waals surface area contributed by atoms with E-state index in [2.05, 4.69) is 11.9 Å². The minimum Gasteiger partial charge on any atom is -0.265 e. The van der Waals surface area contributed by atoms with Gasteiger partial charge in [0.25, 0.3) is 0 Å². The Morgan fingerprint density at radius 1 is 1.27 bits per heavy atom. The molecule has 0 spiro atoms. The van der Waals surface area contributed by atoms with E-state index in [0.717, 1.165) is 0 Å². The van der Waals surface area contributed by atoms with Gasteiger partial charge in [-0.25, -0.2) is 0 Å². The van der Waals surface area contributed by atoms with Gasteiger partial charge in [0, 0.05) is 17.8 Å². The Bertz CT molecular complexity index is 208. The fourth-order valence-electron chi connectivity index (χ4n) is 0.932.